The van der Waals surface area contributed by atoms with E-state index in [0.717, 1.165) is 16.8 Å². The zero-order valence-electron chi connectivity index (χ0n) is 11.4. The number of nitrogens with one attached hydrogen (secondary N) is 2. The number of fused-ring (bicyclic) bond motifs is 1. The van der Waals surface area contributed by atoms with Crippen LogP contribution in [0.3, 0.4) is 0 Å². The van der Waals surface area contributed by atoms with Gasteiger partial charge in [-0.2, -0.15) is 0 Å². The third-order valence-electron chi connectivity index (χ3n) is 4.20. The number of hydrazine groups is 1. The van der Waals surface area contributed by atoms with Crippen LogP contribution in [0.25, 0.3) is 0 Å². The molecule has 106 valence electrons. The van der Waals surface area contributed by atoms with Crippen LogP contribution in [-0.4, -0.2) is 36.1 Å². The van der Waals surface area contributed by atoms with E-state index in [0.29, 0.717) is 6.42 Å². The molecule has 0 aromatic heterocycles. The van der Waals surface area contributed by atoms with E-state index in [1.807, 2.05) is 25.1 Å². The van der Waals surface area contributed by atoms with Crippen LogP contribution in [0.5, 0.6) is 0 Å². The lowest BCUT2D eigenvalue weighted by Gasteiger charge is -2.19. The van der Waals surface area contributed by atoms with E-state index in [2.05, 4.69) is 10.9 Å². The van der Waals surface area contributed by atoms with Crippen molar-refractivity contribution < 1.29 is 14.7 Å². The van der Waals surface area contributed by atoms with Gasteiger partial charge >= 0.3 is 5.97 Å². The van der Waals surface area contributed by atoms with Gasteiger partial charge in [0.1, 0.15) is 6.04 Å². The van der Waals surface area contributed by atoms with Gasteiger partial charge < -0.3 is 10.0 Å². The molecule has 1 saturated heterocycles. The molecule has 2 aliphatic heterocycles. The highest BCUT2D eigenvalue weighted by Crippen LogP contribution is 2.34. The number of amides is 1. The number of hydrogen-bond acceptors (Lipinski definition) is 4. The number of benzene rings is 1. The maximum absolute atomic E-state index is 11.7. The van der Waals surface area contributed by atoms with Crippen LogP contribution in [0, 0.1) is 0 Å². The highest BCUT2D eigenvalue weighted by molar-refractivity contribution is 6.01. The van der Waals surface area contributed by atoms with Crippen LogP contribution in [0.4, 0.5) is 5.69 Å². The van der Waals surface area contributed by atoms with E-state index in [-0.39, 0.29) is 17.9 Å². The van der Waals surface area contributed by atoms with E-state index in [1.165, 1.54) is 0 Å². The first-order valence-electron chi connectivity index (χ1n) is 6.62. The van der Waals surface area contributed by atoms with Crippen LogP contribution in [-0.2, 0) is 16.0 Å². The van der Waals surface area contributed by atoms with Crippen LogP contribution < -0.4 is 15.8 Å². The monoisotopic (exact) mass is 275 g/mol. The molecule has 2 aliphatic rings. The Labute approximate surface area is 116 Å². The van der Waals surface area contributed by atoms with Gasteiger partial charge in [-0.05, 0) is 24.1 Å². The fourth-order valence-electron chi connectivity index (χ4n) is 3.08. The van der Waals surface area contributed by atoms with Crippen LogP contribution >= 0.6 is 0 Å². The number of carboxylic acid groups (broad SMARTS) is 1. The Morgan fingerprint density at radius 1 is 1.40 bits per heavy atom. The van der Waals surface area contributed by atoms with Crippen molar-refractivity contribution >= 4 is 17.6 Å². The maximum Gasteiger partial charge on any atom is 0.322 e. The molecule has 20 heavy (non-hydrogen) atoms. The molecule has 3 atom stereocenters. The van der Waals surface area contributed by atoms with Gasteiger partial charge in [-0.15, -0.1) is 0 Å². The molecule has 0 saturated carbocycles. The molecule has 1 amide bonds. The van der Waals surface area contributed by atoms with Crippen molar-refractivity contribution in [3.63, 3.8) is 0 Å². The Kier molecular flexibility index (Phi) is 2.99. The molecule has 6 heteroatoms. The number of likely N-dealkylation sites (N-methyl/N-ethyl adjacent to an activating group) is 1. The highest BCUT2D eigenvalue weighted by atomic mass is 16.4. The number of nitrogens with zero attached hydrogens (tertiary/aromatic N) is 1. The Morgan fingerprint density at radius 2 is 2.15 bits per heavy atom. The lowest BCUT2D eigenvalue weighted by Crippen LogP contribution is -2.38. The number of aliphatic carboxylic acids is 1. The van der Waals surface area contributed by atoms with Crippen molar-refractivity contribution in [1.29, 1.82) is 0 Å². The zero-order chi connectivity index (χ0) is 14.4. The Bertz CT molecular complexity index is 587. The second kappa shape index (κ2) is 4.57. The molecule has 2 heterocycles. The van der Waals surface area contributed by atoms with Gasteiger partial charge in [-0.1, -0.05) is 12.1 Å². The number of carbonyl (C=O) groups is 2. The van der Waals surface area contributed by atoms with Gasteiger partial charge in [0.25, 0.3) is 0 Å². The molecule has 6 nitrogen and oxygen atoms in total. The topological polar surface area (TPSA) is 81.7 Å². The third kappa shape index (κ3) is 1.88. The minimum Gasteiger partial charge on any atom is -0.480 e. The average Bonchev–Trinajstić information content (AvgIpc) is 2.91. The molecule has 0 aliphatic carbocycles. The van der Waals surface area contributed by atoms with E-state index >= 15 is 0 Å². The lowest BCUT2D eigenvalue weighted by molar-refractivity contribution is -0.139. The molecular weight excluding hydrogens is 258 g/mol. The Balaban J connectivity index is 1.97. The SMILES string of the molecule is CC1NNC(C(=O)O)C1c1ccc2c(c1)CC(=O)N2C. The molecule has 1 fully saturated rings. The summed E-state index contributed by atoms with van der Waals surface area (Å²) in [6, 6.07) is 5.14. The zero-order valence-corrected chi connectivity index (χ0v) is 11.4. The number of anilines is 1. The van der Waals surface area contributed by atoms with Gasteiger partial charge in [0.05, 0.1) is 6.42 Å². The molecule has 3 N–H and O–H groups in total. The summed E-state index contributed by atoms with van der Waals surface area (Å²) < 4.78 is 0. The Morgan fingerprint density at radius 3 is 2.85 bits per heavy atom. The predicted octanol–water partition coefficient (Wildman–Crippen LogP) is 0.239. The van der Waals surface area contributed by atoms with Crippen molar-refractivity contribution in [2.45, 2.75) is 31.3 Å². The second-order valence-electron chi connectivity index (χ2n) is 5.44. The van der Waals surface area contributed by atoms with Gasteiger partial charge in [0, 0.05) is 24.7 Å². The minimum absolute atomic E-state index is 0.0176. The number of rotatable bonds is 2. The molecule has 0 bridgehead atoms. The number of hydrogen-bond donors (Lipinski definition) is 3. The molecule has 1 aromatic rings. The largest absolute Gasteiger partial charge is 0.480 e. The van der Waals surface area contributed by atoms with Crippen LogP contribution in [0.15, 0.2) is 18.2 Å². The molecule has 3 unspecified atom stereocenters. The molecular formula is C14H17N3O3. The number of carboxylic acids is 1. The molecule has 1 aromatic carbocycles. The predicted molar refractivity (Wildman–Crippen MR) is 73.5 cm³/mol. The summed E-state index contributed by atoms with van der Waals surface area (Å²) in [6.45, 7) is 1.95. The summed E-state index contributed by atoms with van der Waals surface area (Å²) in [5.41, 5.74) is 8.62. The van der Waals surface area contributed by atoms with Crippen LogP contribution in [0.2, 0.25) is 0 Å². The van der Waals surface area contributed by atoms with Crippen molar-refractivity contribution in [1.82, 2.24) is 10.9 Å². The van der Waals surface area contributed by atoms with Crippen LogP contribution in [0.1, 0.15) is 24.0 Å². The fourth-order valence-corrected chi connectivity index (χ4v) is 3.08. The summed E-state index contributed by atoms with van der Waals surface area (Å²) in [4.78, 5) is 24.7. The van der Waals surface area contributed by atoms with Crippen molar-refractivity contribution in [2.24, 2.45) is 0 Å². The summed E-state index contributed by atoms with van der Waals surface area (Å²) in [7, 11) is 1.76. The summed E-state index contributed by atoms with van der Waals surface area (Å²) in [5, 5.41) is 9.28. The minimum atomic E-state index is -0.874. The molecule has 0 radical (unpaired) electrons. The third-order valence-corrected chi connectivity index (χ3v) is 4.20. The van der Waals surface area contributed by atoms with E-state index in [1.54, 1.807) is 11.9 Å². The molecule has 0 spiro atoms. The van der Waals surface area contributed by atoms with Gasteiger partial charge in [-0.3, -0.25) is 15.0 Å². The Hall–Kier alpha value is -1.92. The quantitative estimate of drug-likeness (QED) is 0.720. The smallest absolute Gasteiger partial charge is 0.322 e. The first-order valence-corrected chi connectivity index (χ1v) is 6.62. The summed E-state index contributed by atoms with van der Waals surface area (Å²) in [6.07, 6.45) is 0.388. The first kappa shape index (κ1) is 13.1. The van der Waals surface area contributed by atoms with Gasteiger partial charge in [0.15, 0.2) is 0 Å². The number of carbonyl (C=O) groups excluding carboxylic acids is 1. The summed E-state index contributed by atoms with van der Waals surface area (Å²) >= 11 is 0. The molecule has 3 rings (SSSR count). The van der Waals surface area contributed by atoms with Crippen molar-refractivity contribution in [2.75, 3.05) is 11.9 Å². The normalized spacial score (nSPS) is 28.8. The standard InChI is InChI=1S/C14H17N3O3/c1-7-12(13(14(19)20)16-15-7)8-3-4-10-9(5-8)6-11(18)17(10)2/h3-5,7,12-13,15-16H,6H2,1-2H3,(H,19,20). The average molecular weight is 275 g/mol. The summed E-state index contributed by atoms with van der Waals surface area (Å²) in [5.74, 6) is -0.956. The van der Waals surface area contributed by atoms with Crippen molar-refractivity contribution in [3.8, 4) is 0 Å². The van der Waals surface area contributed by atoms with E-state index in [9.17, 15) is 14.7 Å². The highest BCUT2D eigenvalue weighted by Gasteiger charge is 2.39. The van der Waals surface area contributed by atoms with Gasteiger partial charge in [0.2, 0.25) is 5.91 Å². The van der Waals surface area contributed by atoms with E-state index < -0.39 is 12.0 Å². The van der Waals surface area contributed by atoms with Crippen molar-refractivity contribution in [3.05, 3.63) is 29.3 Å². The maximum atomic E-state index is 11.7. The second-order valence-corrected chi connectivity index (χ2v) is 5.44. The van der Waals surface area contributed by atoms with E-state index in [4.69, 9.17) is 0 Å². The van der Waals surface area contributed by atoms with Gasteiger partial charge in [-0.25, -0.2) is 5.43 Å². The fraction of sp³-hybridized carbons (Fsp3) is 0.429. The first-order chi connectivity index (χ1) is 9.49. The lowest BCUT2D eigenvalue weighted by atomic mass is 9.87.